The van der Waals surface area contributed by atoms with Gasteiger partial charge < -0.3 is 4.98 Å². The normalized spacial score (nSPS) is 13.6. The molecular formula is C26H26N4O4S. The highest BCUT2D eigenvalue weighted by Crippen LogP contribution is 2.24. The number of carbonyl (C=O) groups is 4. The number of anilines is 1. The summed E-state index contributed by atoms with van der Waals surface area (Å²) in [6.45, 7) is 1.59. The Morgan fingerprint density at radius 3 is 2.31 bits per heavy atom. The van der Waals surface area contributed by atoms with E-state index in [-0.39, 0.29) is 29.4 Å². The van der Waals surface area contributed by atoms with Gasteiger partial charge in [0.25, 0.3) is 11.8 Å². The minimum atomic E-state index is -0.666. The highest BCUT2D eigenvalue weighted by atomic mass is 32.2. The van der Waals surface area contributed by atoms with Gasteiger partial charge in [0.05, 0.1) is 22.1 Å². The number of hydrogen-bond donors (Lipinski definition) is 2. The Balaban J connectivity index is 1.31. The molecule has 1 aliphatic heterocycles. The molecular weight excluding hydrogens is 464 g/mol. The molecule has 2 N–H and O–H groups in total. The second-order valence-corrected chi connectivity index (χ2v) is 9.64. The maximum Gasteiger partial charge on any atom is 0.261 e. The zero-order chi connectivity index (χ0) is 24.8. The molecule has 8 nitrogen and oxygen atoms in total. The summed E-state index contributed by atoms with van der Waals surface area (Å²) in [5, 5.41) is 1.90. The summed E-state index contributed by atoms with van der Waals surface area (Å²) in [6, 6.07) is 16.8. The lowest BCUT2D eigenvalue weighted by Crippen LogP contribution is -2.32. The maximum atomic E-state index is 12.9. The van der Waals surface area contributed by atoms with E-state index in [2.05, 4.69) is 27.4 Å². The van der Waals surface area contributed by atoms with Crippen LogP contribution in [0, 0.1) is 0 Å². The summed E-state index contributed by atoms with van der Waals surface area (Å²) in [4.78, 5) is 58.3. The quantitative estimate of drug-likeness (QED) is 0.418. The number of nitrogens with one attached hydrogen (secondary N) is 2. The first kappa shape index (κ1) is 24.4. The zero-order valence-electron chi connectivity index (χ0n) is 19.3. The maximum absolute atomic E-state index is 12.9. The number of amides is 3. The van der Waals surface area contributed by atoms with E-state index in [9.17, 15) is 19.2 Å². The average molecular weight is 491 g/mol. The summed E-state index contributed by atoms with van der Waals surface area (Å²) >= 11 is 0.932. The molecule has 1 aromatic heterocycles. The molecule has 3 aromatic rings. The smallest absolute Gasteiger partial charge is 0.261 e. The summed E-state index contributed by atoms with van der Waals surface area (Å²) in [7, 11) is 0. The van der Waals surface area contributed by atoms with Gasteiger partial charge in [-0.15, -0.1) is 0 Å². The van der Waals surface area contributed by atoms with Gasteiger partial charge in [-0.05, 0) is 43.4 Å². The van der Waals surface area contributed by atoms with E-state index in [1.165, 1.54) is 17.4 Å². The van der Waals surface area contributed by atoms with Crippen LogP contribution in [0.2, 0.25) is 0 Å². The summed E-state index contributed by atoms with van der Waals surface area (Å²) in [5.74, 6) is -0.682. The number of benzene rings is 2. The second-order valence-electron chi connectivity index (χ2n) is 8.26. The molecule has 4 rings (SSSR count). The van der Waals surface area contributed by atoms with Crippen LogP contribution < -0.4 is 5.32 Å². The Labute approximate surface area is 207 Å². The predicted molar refractivity (Wildman–Crippen MR) is 134 cm³/mol. The number of carbonyl (C=O) groups excluding carboxylic acids is 4. The van der Waals surface area contributed by atoms with E-state index >= 15 is 0 Å². The molecule has 2 heterocycles. The van der Waals surface area contributed by atoms with Gasteiger partial charge in [0.2, 0.25) is 11.9 Å². The van der Waals surface area contributed by atoms with Gasteiger partial charge in [0, 0.05) is 19.7 Å². The fraction of sp³-hybridized carbons (Fsp3) is 0.269. The van der Waals surface area contributed by atoms with Crippen LogP contribution in [0.15, 0.2) is 60.8 Å². The van der Waals surface area contributed by atoms with E-state index in [4.69, 9.17) is 0 Å². The predicted octanol–water partition coefficient (Wildman–Crippen LogP) is 3.86. The number of fused-ring (bicyclic) bond motifs is 1. The summed E-state index contributed by atoms with van der Waals surface area (Å²) in [5.41, 5.74) is 2.82. The third-order valence-corrected chi connectivity index (χ3v) is 6.78. The number of hydrogen-bond acceptors (Lipinski definition) is 6. The van der Waals surface area contributed by atoms with E-state index in [1.54, 1.807) is 30.5 Å². The molecule has 180 valence electrons. The van der Waals surface area contributed by atoms with Crippen LogP contribution in [0.3, 0.4) is 0 Å². The van der Waals surface area contributed by atoms with Gasteiger partial charge in [-0.1, -0.05) is 54.2 Å². The van der Waals surface area contributed by atoms with Crippen molar-refractivity contribution >= 4 is 40.5 Å². The molecule has 0 spiro atoms. The minimum Gasteiger partial charge on any atom is -0.330 e. The molecule has 0 bridgehead atoms. The lowest BCUT2D eigenvalue weighted by molar-refractivity contribution is -0.116. The van der Waals surface area contributed by atoms with Crippen molar-refractivity contribution in [1.29, 1.82) is 0 Å². The number of nitrogens with zero attached hydrogens (tertiary/aromatic N) is 2. The molecule has 0 saturated carbocycles. The van der Waals surface area contributed by atoms with Crippen LogP contribution in [0.25, 0.3) is 0 Å². The Morgan fingerprint density at radius 1 is 1.00 bits per heavy atom. The molecule has 0 unspecified atom stereocenters. The first-order chi connectivity index (χ1) is 16.9. The van der Waals surface area contributed by atoms with Crippen molar-refractivity contribution < 1.29 is 19.2 Å². The fourth-order valence-electron chi connectivity index (χ4n) is 3.99. The highest BCUT2D eigenvalue weighted by molar-refractivity contribution is 8.14. The van der Waals surface area contributed by atoms with Crippen molar-refractivity contribution in [1.82, 2.24) is 14.9 Å². The molecule has 0 saturated heterocycles. The molecule has 0 aliphatic carbocycles. The number of imide groups is 1. The lowest BCUT2D eigenvalue weighted by Gasteiger charge is -2.17. The van der Waals surface area contributed by atoms with Gasteiger partial charge in [-0.25, -0.2) is 4.98 Å². The first-order valence-corrected chi connectivity index (χ1v) is 12.3. The van der Waals surface area contributed by atoms with Crippen LogP contribution in [-0.2, 0) is 22.4 Å². The molecule has 0 radical (unpaired) electrons. The largest absolute Gasteiger partial charge is 0.330 e. The van der Waals surface area contributed by atoms with Crippen LogP contribution in [0.1, 0.15) is 51.7 Å². The number of aryl methyl sites for hydroxylation is 2. The Kier molecular flexibility index (Phi) is 7.77. The minimum absolute atomic E-state index is 0.180. The third-order valence-electron chi connectivity index (χ3n) is 5.71. The van der Waals surface area contributed by atoms with Crippen LogP contribution in [-0.4, -0.2) is 49.5 Å². The van der Waals surface area contributed by atoms with Gasteiger partial charge in [0.1, 0.15) is 0 Å². The molecule has 2 aromatic carbocycles. The van der Waals surface area contributed by atoms with Crippen LogP contribution >= 0.6 is 11.8 Å². The van der Waals surface area contributed by atoms with Crippen molar-refractivity contribution in [2.45, 2.75) is 37.9 Å². The Hall–Kier alpha value is -3.72. The third kappa shape index (κ3) is 6.05. The van der Waals surface area contributed by atoms with Crippen molar-refractivity contribution in [3.05, 3.63) is 83.2 Å². The monoisotopic (exact) mass is 490 g/mol. The van der Waals surface area contributed by atoms with E-state index in [1.807, 2.05) is 18.2 Å². The van der Waals surface area contributed by atoms with Gasteiger partial charge >= 0.3 is 0 Å². The molecule has 1 atom stereocenters. The number of imidazole rings is 1. The van der Waals surface area contributed by atoms with E-state index in [0.717, 1.165) is 30.3 Å². The fourth-order valence-corrected chi connectivity index (χ4v) is 4.84. The lowest BCUT2D eigenvalue weighted by atomic mass is 10.1. The van der Waals surface area contributed by atoms with Gasteiger partial charge in [-0.3, -0.25) is 29.4 Å². The topological polar surface area (TPSA) is 112 Å². The van der Waals surface area contributed by atoms with Crippen LogP contribution in [0.5, 0.6) is 0 Å². The highest BCUT2D eigenvalue weighted by Gasteiger charge is 2.35. The molecule has 9 heteroatoms. The number of rotatable bonds is 10. The number of H-pyrrole nitrogens is 1. The first-order valence-electron chi connectivity index (χ1n) is 11.4. The number of aromatic amines is 1. The van der Waals surface area contributed by atoms with Crippen LogP contribution in [0.4, 0.5) is 5.95 Å². The van der Waals surface area contributed by atoms with Crippen molar-refractivity contribution in [2.24, 2.45) is 0 Å². The number of aromatic nitrogens is 2. The average Bonchev–Trinajstić information content (AvgIpc) is 3.40. The van der Waals surface area contributed by atoms with E-state index < -0.39 is 5.25 Å². The molecule has 0 fully saturated rings. The molecule has 3 amide bonds. The number of thioether (sulfide) groups is 1. The second kappa shape index (κ2) is 11.1. The van der Waals surface area contributed by atoms with Gasteiger partial charge in [0.15, 0.2) is 5.12 Å². The van der Waals surface area contributed by atoms with E-state index in [0.29, 0.717) is 29.9 Å². The van der Waals surface area contributed by atoms with Gasteiger partial charge in [-0.2, -0.15) is 0 Å². The Bertz CT molecular complexity index is 1210. The van der Waals surface area contributed by atoms with Crippen molar-refractivity contribution in [2.75, 3.05) is 11.9 Å². The SMILES string of the molecule is CC(=O)S[C@H](CCCN1C(=O)c2ccccc2C1=O)C(=O)Nc1nc(CCc2ccccc2)c[nH]1. The summed E-state index contributed by atoms with van der Waals surface area (Å²) < 4.78 is 0. The zero-order valence-corrected chi connectivity index (χ0v) is 20.1. The van der Waals surface area contributed by atoms with Crippen molar-refractivity contribution in [3.8, 4) is 0 Å². The molecule has 35 heavy (non-hydrogen) atoms. The summed E-state index contributed by atoms with van der Waals surface area (Å²) in [6.07, 6.45) is 4.03. The van der Waals surface area contributed by atoms with Crippen molar-refractivity contribution in [3.63, 3.8) is 0 Å². The molecule has 1 aliphatic rings. The standard InChI is InChI=1S/C26H26N4O4S/c1-17(31)35-22(12-7-15-30-24(33)20-10-5-6-11-21(20)25(30)34)23(32)29-26-27-16-19(28-26)14-13-18-8-3-2-4-9-18/h2-6,8-11,16,22H,7,12-15H2,1H3,(H2,27,28,29,32)/t22-/m1/s1. The Morgan fingerprint density at radius 2 is 1.66 bits per heavy atom.